The molecule has 1 aliphatic heterocycles. The van der Waals surface area contributed by atoms with Crippen LogP contribution in [0, 0.1) is 0 Å². The van der Waals surface area contributed by atoms with Gasteiger partial charge in [-0.15, -0.1) is 0 Å². The molecule has 0 unspecified atom stereocenters. The van der Waals surface area contributed by atoms with Gasteiger partial charge in [-0.3, -0.25) is 14.4 Å². The smallest absolute Gasteiger partial charge is 0.326 e. The minimum Gasteiger partial charge on any atom is -0.454 e. The Hall–Kier alpha value is -2.37. The fraction of sp³-hybridized carbons (Fsp3) is 0.526. The van der Waals surface area contributed by atoms with Gasteiger partial charge in [-0.25, -0.2) is 0 Å². The zero-order valence-corrected chi connectivity index (χ0v) is 14.9. The number of rotatable bonds is 6. The largest absolute Gasteiger partial charge is 0.454 e. The van der Waals surface area contributed by atoms with Crippen molar-refractivity contribution in [2.75, 3.05) is 25.0 Å². The van der Waals surface area contributed by atoms with Crippen LogP contribution in [0.15, 0.2) is 24.3 Å². The quantitative estimate of drug-likeness (QED) is 0.804. The third-order valence-corrected chi connectivity index (χ3v) is 4.21. The molecule has 1 N–H and O–H groups in total. The highest BCUT2D eigenvalue weighted by molar-refractivity contribution is 5.93. The molecule has 0 atom stereocenters. The Bertz CT molecular complexity index is 628. The lowest BCUT2D eigenvalue weighted by Crippen LogP contribution is -2.36. The fourth-order valence-corrected chi connectivity index (χ4v) is 2.85. The highest BCUT2D eigenvalue weighted by Gasteiger charge is 2.20. The van der Waals surface area contributed by atoms with Crippen LogP contribution in [0.3, 0.4) is 0 Å². The van der Waals surface area contributed by atoms with Gasteiger partial charge in [-0.05, 0) is 30.4 Å². The Balaban J connectivity index is 1.81. The van der Waals surface area contributed by atoms with E-state index in [0.29, 0.717) is 13.0 Å². The van der Waals surface area contributed by atoms with Crippen molar-refractivity contribution in [3.05, 3.63) is 29.8 Å². The van der Waals surface area contributed by atoms with Crippen LogP contribution in [0.2, 0.25) is 0 Å². The molecule has 6 heteroatoms. The van der Waals surface area contributed by atoms with Crippen molar-refractivity contribution in [1.29, 1.82) is 0 Å². The summed E-state index contributed by atoms with van der Waals surface area (Å²) in [5.74, 6) is -0.691. The van der Waals surface area contributed by atoms with Gasteiger partial charge >= 0.3 is 5.97 Å². The number of anilines is 1. The fourth-order valence-electron chi connectivity index (χ4n) is 2.85. The zero-order valence-electron chi connectivity index (χ0n) is 14.9. The lowest BCUT2D eigenvalue weighted by atomic mass is 10.0. The number of hydrogen-bond acceptors (Lipinski definition) is 4. The second-order valence-corrected chi connectivity index (χ2v) is 6.58. The van der Waals surface area contributed by atoms with Gasteiger partial charge in [-0.2, -0.15) is 0 Å². The van der Waals surface area contributed by atoms with E-state index in [-0.39, 0.29) is 30.9 Å². The molecule has 1 aliphatic rings. The van der Waals surface area contributed by atoms with Crippen LogP contribution in [0.25, 0.3) is 0 Å². The van der Waals surface area contributed by atoms with Gasteiger partial charge in [0.1, 0.15) is 6.54 Å². The van der Waals surface area contributed by atoms with Crippen molar-refractivity contribution in [3.8, 4) is 0 Å². The van der Waals surface area contributed by atoms with Crippen LogP contribution in [0.1, 0.15) is 51.0 Å². The Labute approximate surface area is 148 Å². The number of benzene rings is 1. The van der Waals surface area contributed by atoms with Crippen LogP contribution in [0.4, 0.5) is 5.69 Å². The predicted octanol–water partition coefficient (Wildman–Crippen LogP) is 2.69. The van der Waals surface area contributed by atoms with Crippen LogP contribution < -0.4 is 5.32 Å². The number of likely N-dealkylation sites (tertiary alicyclic amines) is 1. The number of esters is 1. The predicted molar refractivity (Wildman–Crippen MR) is 95.2 cm³/mol. The van der Waals surface area contributed by atoms with E-state index in [1.54, 1.807) is 0 Å². The first-order valence-electron chi connectivity index (χ1n) is 8.79. The second kappa shape index (κ2) is 9.20. The van der Waals surface area contributed by atoms with Crippen molar-refractivity contribution in [2.45, 2.75) is 45.4 Å². The molecule has 0 aromatic heterocycles. The molecular formula is C19H26N2O4. The summed E-state index contributed by atoms with van der Waals surface area (Å²) in [6, 6.07) is 7.55. The Kier molecular flexibility index (Phi) is 6.98. The summed E-state index contributed by atoms with van der Waals surface area (Å²) < 4.78 is 5.02. The molecule has 0 aliphatic carbocycles. The number of nitrogens with zero attached hydrogens (tertiary/aromatic N) is 1. The maximum absolute atomic E-state index is 12.0. The van der Waals surface area contributed by atoms with Gasteiger partial charge in [0.2, 0.25) is 5.91 Å². The molecule has 136 valence electrons. The molecule has 1 aromatic carbocycles. The number of nitrogens with one attached hydrogen (secondary N) is 1. The summed E-state index contributed by atoms with van der Waals surface area (Å²) in [4.78, 5) is 37.3. The Morgan fingerprint density at radius 3 is 2.72 bits per heavy atom. The van der Waals surface area contributed by atoms with E-state index < -0.39 is 5.97 Å². The number of carbonyl (C=O) groups excluding carboxylic acids is 3. The number of amides is 2. The molecule has 0 saturated carbocycles. The summed E-state index contributed by atoms with van der Waals surface area (Å²) in [5.41, 5.74) is 1.75. The highest BCUT2D eigenvalue weighted by Crippen LogP contribution is 2.23. The van der Waals surface area contributed by atoms with E-state index >= 15 is 0 Å². The van der Waals surface area contributed by atoms with E-state index in [9.17, 15) is 14.4 Å². The minimum atomic E-state index is -0.553. The van der Waals surface area contributed by atoms with Crippen molar-refractivity contribution < 1.29 is 19.1 Å². The minimum absolute atomic E-state index is 0.0234. The number of hydrogen-bond donors (Lipinski definition) is 1. The monoisotopic (exact) mass is 346 g/mol. The standard InChI is InChI=1S/C19H26N2O4/c1-14(2)15-8-5-6-9-16(15)20-17(22)13-25-19(24)12-21-11-7-3-4-10-18(21)23/h5-6,8-9,14H,3-4,7,10-13H2,1-2H3,(H,20,22). The summed E-state index contributed by atoms with van der Waals surface area (Å²) in [5, 5.41) is 2.77. The third-order valence-electron chi connectivity index (χ3n) is 4.21. The summed E-state index contributed by atoms with van der Waals surface area (Å²) in [6.07, 6.45) is 3.22. The van der Waals surface area contributed by atoms with Crippen LogP contribution in [0.5, 0.6) is 0 Å². The number of ether oxygens (including phenoxy) is 1. The van der Waals surface area contributed by atoms with E-state index in [2.05, 4.69) is 5.32 Å². The first-order valence-corrected chi connectivity index (χ1v) is 8.79. The molecule has 2 rings (SSSR count). The van der Waals surface area contributed by atoms with Gasteiger partial charge in [0.25, 0.3) is 5.91 Å². The van der Waals surface area contributed by atoms with Gasteiger partial charge in [0.05, 0.1) is 0 Å². The van der Waals surface area contributed by atoms with Crippen LogP contribution in [-0.4, -0.2) is 42.4 Å². The van der Waals surface area contributed by atoms with Gasteiger partial charge in [0.15, 0.2) is 6.61 Å². The van der Waals surface area contributed by atoms with Crippen molar-refractivity contribution in [1.82, 2.24) is 4.90 Å². The van der Waals surface area contributed by atoms with E-state index in [1.165, 1.54) is 4.90 Å². The van der Waals surface area contributed by atoms with Gasteiger partial charge < -0.3 is 15.0 Å². The number of carbonyl (C=O) groups is 3. The second-order valence-electron chi connectivity index (χ2n) is 6.58. The molecule has 25 heavy (non-hydrogen) atoms. The Morgan fingerprint density at radius 2 is 1.96 bits per heavy atom. The lowest BCUT2D eigenvalue weighted by Gasteiger charge is -2.19. The zero-order chi connectivity index (χ0) is 18.2. The molecule has 1 saturated heterocycles. The molecule has 1 heterocycles. The molecule has 1 fully saturated rings. The summed E-state index contributed by atoms with van der Waals surface area (Å²) in [6.45, 7) is 4.22. The molecule has 0 spiro atoms. The van der Waals surface area contributed by atoms with Crippen molar-refractivity contribution in [2.24, 2.45) is 0 Å². The van der Waals surface area contributed by atoms with Gasteiger partial charge in [-0.1, -0.05) is 38.5 Å². The third kappa shape index (κ3) is 5.89. The van der Waals surface area contributed by atoms with E-state index in [4.69, 9.17) is 4.74 Å². The van der Waals surface area contributed by atoms with E-state index in [0.717, 1.165) is 30.5 Å². The average Bonchev–Trinajstić information content (AvgIpc) is 2.78. The first-order chi connectivity index (χ1) is 12.0. The lowest BCUT2D eigenvalue weighted by molar-refractivity contribution is -0.151. The summed E-state index contributed by atoms with van der Waals surface area (Å²) in [7, 11) is 0. The normalized spacial score (nSPS) is 15.0. The van der Waals surface area contributed by atoms with Crippen LogP contribution >= 0.6 is 0 Å². The first kappa shape index (κ1) is 19.0. The molecule has 2 amide bonds. The average molecular weight is 346 g/mol. The Morgan fingerprint density at radius 1 is 1.20 bits per heavy atom. The van der Waals surface area contributed by atoms with Crippen molar-refractivity contribution >= 4 is 23.5 Å². The molecule has 6 nitrogen and oxygen atoms in total. The topological polar surface area (TPSA) is 75.7 Å². The van der Waals surface area contributed by atoms with Crippen LogP contribution in [-0.2, 0) is 19.1 Å². The van der Waals surface area contributed by atoms with E-state index in [1.807, 2.05) is 38.1 Å². The maximum Gasteiger partial charge on any atom is 0.326 e. The molecule has 0 bridgehead atoms. The SMILES string of the molecule is CC(C)c1ccccc1NC(=O)COC(=O)CN1CCCCCC1=O. The molecular weight excluding hydrogens is 320 g/mol. The number of para-hydroxylation sites is 1. The van der Waals surface area contributed by atoms with Crippen molar-refractivity contribution in [3.63, 3.8) is 0 Å². The highest BCUT2D eigenvalue weighted by atomic mass is 16.5. The van der Waals surface area contributed by atoms with Gasteiger partial charge in [0, 0.05) is 18.7 Å². The maximum atomic E-state index is 12.0. The summed E-state index contributed by atoms with van der Waals surface area (Å²) >= 11 is 0. The molecule has 1 aromatic rings. The molecule has 0 radical (unpaired) electrons.